The van der Waals surface area contributed by atoms with Gasteiger partial charge in [0, 0.05) is 16.2 Å². The van der Waals surface area contributed by atoms with Gasteiger partial charge < -0.3 is 15.3 Å². The molecule has 1 heterocycles. The molecule has 4 rings (SSSR count). The van der Waals surface area contributed by atoms with Crippen LogP contribution in [0, 0.1) is 0 Å². The zero-order valence-electron chi connectivity index (χ0n) is 12.3. The highest BCUT2D eigenvalue weighted by atomic mass is 32.2. The summed E-state index contributed by atoms with van der Waals surface area (Å²) in [6.45, 7) is 0. The molecule has 118 valence electrons. The van der Waals surface area contributed by atoms with Crippen molar-refractivity contribution in [2.75, 3.05) is 0 Å². The number of rotatable bonds is 1. The monoisotopic (exact) mass is 328 g/mol. The van der Waals surface area contributed by atoms with Crippen LogP contribution in [0.25, 0.3) is 0 Å². The molecule has 2 aromatic rings. The van der Waals surface area contributed by atoms with E-state index in [9.17, 15) is 20.1 Å². The van der Waals surface area contributed by atoms with Crippen molar-refractivity contribution in [2.45, 2.75) is 41.3 Å². The summed E-state index contributed by atoms with van der Waals surface area (Å²) in [6, 6.07) is 8.89. The van der Waals surface area contributed by atoms with E-state index in [4.69, 9.17) is 0 Å². The summed E-state index contributed by atoms with van der Waals surface area (Å²) >= 11 is 1.47. The van der Waals surface area contributed by atoms with E-state index in [0.29, 0.717) is 6.42 Å². The number of benzene rings is 2. The van der Waals surface area contributed by atoms with Crippen molar-refractivity contribution in [1.82, 2.24) is 0 Å². The van der Waals surface area contributed by atoms with Crippen molar-refractivity contribution < 1.29 is 20.1 Å². The number of aliphatic hydroxyl groups is 2. The Morgan fingerprint density at radius 3 is 2.70 bits per heavy atom. The van der Waals surface area contributed by atoms with Gasteiger partial charge in [0.2, 0.25) is 0 Å². The minimum Gasteiger partial charge on any atom is -0.478 e. The van der Waals surface area contributed by atoms with Gasteiger partial charge in [-0.3, -0.25) is 0 Å². The number of hydrogen-bond acceptors (Lipinski definition) is 4. The Morgan fingerprint density at radius 1 is 1.09 bits per heavy atom. The highest BCUT2D eigenvalue weighted by Crippen LogP contribution is 2.46. The maximum Gasteiger partial charge on any atom is 0.335 e. The Labute approximate surface area is 137 Å². The van der Waals surface area contributed by atoms with Crippen molar-refractivity contribution >= 4 is 17.7 Å². The lowest BCUT2D eigenvalue weighted by Gasteiger charge is -2.15. The fraction of sp³-hybridized carbons (Fsp3) is 0.278. The lowest BCUT2D eigenvalue weighted by atomic mass is 9.94. The molecule has 1 aliphatic carbocycles. The van der Waals surface area contributed by atoms with E-state index in [-0.39, 0.29) is 5.56 Å². The van der Waals surface area contributed by atoms with Crippen LogP contribution in [-0.2, 0) is 12.8 Å². The zero-order chi connectivity index (χ0) is 16.1. The average Bonchev–Trinajstić information content (AvgIpc) is 2.83. The van der Waals surface area contributed by atoms with Gasteiger partial charge in [0.05, 0.1) is 17.8 Å². The number of carboxylic acids is 1. The molecule has 0 spiro atoms. The maximum atomic E-state index is 11.2. The number of fused-ring (bicyclic) bond motifs is 4. The second-order valence-corrected chi connectivity index (χ2v) is 7.13. The van der Waals surface area contributed by atoms with Crippen LogP contribution in [0.4, 0.5) is 0 Å². The van der Waals surface area contributed by atoms with Crippen LogP contribution in [0.1, 0.15) is 51.2 Å². The van der Waals surface area contributed by atoms with Crippen molar-refractivity contribution in [2.24, 2.45) is 0 Å². The summed E-state index contributed by atoms with van der Waals surface area (Å²) in [5.74, 6) is -0.975. The number of carboxylic acid groups (broad SMARTS) is 1. The molecule has 1 unspecified atom stereocenters. The Morgan fingerprint density at radius 2 is 1.91 bits per heavy atom. The van der Waals surface area contributed by atoms with E-state index in [2.05, 4.69) is 0 Å². The van der Waals surface area contributed by atoms with E-state index in [1.165, 1.54) is 17.8 Å². The first-order chi connectivity index (χ1) is 11.0. The lowest BCUT2D eigenvalue weighted by molar-refractivity contribution is 0.0696. The molecule has 2 atom stereocenters. The summed E-state index contributed by atoms with van der Waals surface area (Å²) in [5, 5.41) is 30.0. The highest BCUT2D eigenvalue weighted by Gasteiger charge is 2.30. The van der Waals surface area contributed by atoms with Crippen LogP contribution in [0.15, 0.2) is 40.1 Å². The molecule has 2 aromatic carbocycles. The number of aromatic carboxylic acids is 1. The van der Waals surface area contributed by atoms with Gasteiger partial charge in [0.1, 0.15) is 0 Å². The third kappa shape index (κ3) is 2.36. The predicted octanol–water partition coefficient (Wildman–Crippen LogP) is 3.11. The van der Waals surface area contributed by atoms with E-state index in [1.807, 2.05) is 12.1 Å². The number of aliphatic hydroxyl groups excluding tert-OH is 2. The van der Waals surface area contributed by atoms with Gasteiger partial charge in [0.15, 0.2) is 0 Å². The molecule has 4 nitrogen and oxygen atoms in total. The second-order valence-electron chi connectivity index (χ2n) is 6.05. The smallest absolute Gasteiger partial charge is 0.335 e. The molecule has 5 heteroatoms. The normalized spacial score (nSPS) is 22.0. The van der Waals surface area contributed by atoms with Crippen LogP contribution in [0.3, 0.4) is 0 Å². The summed E-state index contributed by atoms with van der Waals surface area (Å²) < 4.78 is 0. The summed E-state index contributed by atoms with van der Waals surface area (Å²) in [6.07, 6.45) is 0.870. The minimum atomic E-state index is -0.975. The Kier molecular flexibility index (Phi) is 3.44. The molecular weight excluding hydrogens is 312 g/mol. The number of hydrogen-bond donors (Lipinski definition) is 3. The molecule has 23 heavy (non-hydrogen) atoms. The first kappa shape index (κ1) is 14.8. The Hall–Kier alpha value is -1.82. The first-order valence-electron chi connectivity index (χ1n) is 7.60. The second kappa shape index (κ2) is 5.37. The maximum absolute atomic E-state index is 11.2. The van der Waals surface area contributed by atoms with Gasteiger partial charge in [-0.2, -0.15) is 0 Å². The fourth-order valence-electron chi connectivity index (χ4n) is 3.52. The number of aryl methyl sites for hydroxylation is 1. The van der Waals surface area contributed by atoms with Gasteiger partial charge in [-0.15, -0.1) is 0 Å². The van der Waals surface area contributed by atoms with Gasteiger partial charge in [-0.25, -0.2) is 4.79 Å². The molecule has 2 aliphatic rings. The van der Waals surface area contributed by atoms with Crippen molar-refractivity contribution in [3.63, 3.8) is 0 Å². The topological polar surface area (TPSA) is 77.8 Å². The van der Waals surface area contributed by atoms with Gasteiger partial charge in [-0.05, 0) is 53.3 Å². The molecule has 1 aliphatic heterocycles. The third-order valence-corrected chi connectivity index (χ3v) is 5.84. The van der Waals surface area contributed by atoms with E-state index < -0.39 is 18.2 Å². The van der Waals surface area contributed by atoms with Crippen molar-refractivity contribution in [3.8, 4) is 0 Å². The van der Waals surface area contributed by atoms with Crippen LogP contribution >= 0.6 is 11.8 Å². The van der Waals surface area contributed by atoms with Gasteiger partial charge in [0.25, 0.3) is 0 Å². The molecule has 3 N–H and O–H groups in total. The molecule has 0 amide bonds. The minimum absolute atomic E-state index is 0.216. The molecule has 0 saturated carbocycles. The summed E-state index contributed by atoms with van der Waals surface area (Å²) in [5.41, 5.74) is 4.07. The lowest BCUT2D eigenvalue weighted by Crippen LogP contribution is -2.06. The molecule has 0 fully saturated rings. The molecule has 0 saturated heterocycles. The molecule has 0 aromatic heterocycles. The molecular formula is C18H16O4S. The third-order valence-electron chi connectivity index (χ3n) is 4.66. The quantitative estimate of drug-likeness (QED) is 0.750. The standard InChI is InChI=1S/C18H16O4S/c19-13-5-2-9-3-6-15-12(17(9)13)8-14(20)11-4-1-10(18(21)22)7-16(11)23-15/h1,3-4,6-7,13-14,19-20H,2,5,8H2,(H,21,22)/t13-,14?/m1/s1. The van der Waals surface area contributed by atoms with E-state index in [1.54, 1.807) is 12.1 Å². The van der Waals surface area contributed by atoms with Crippen LogP contribution in [0.2, 0.25) is 0 Å². The van der Waals surface area contributed by atoms with E-state index in [0.717, 1.165) is 44.9 Å². The largest absolute Gasteiger partial charge is 0.478 e. The Balaban J connectivity index is 1.86. The van der Waals surface area contributed by atoms with Gasteiger partial charge >= 0.3 is 5.97 Å². The van der Waals surface area contributed by atoms with Crippen LogP contribution in [0.5, 0.6) is 0 Å². The Bertz CT molecular complexity index is 815. The van der Waals surface area contributed by atoms with Crippen LogP contribution < -0.4 is 0 Å². The SMILES string of the molecule is O=C(O)c1ccc2c(c1)Sc1ccc3c(c1CC2O)[C@H](O)CC3. The van der Waals surface area contributed by atoms with Crippen LogP contribution in [-0.4, -0.2) is 21.3 Å². The fourth-order valence-corrected chi connectivity index (χ4v) is 4.72. The van der Waals surface area contributed by atoms with Gasteiger partial charge in [-0.1, -0.05) is 23.9 Å². The average molecular weight is 328 g/mol. The highest BCUT2D eigenvalue weighted by molar-refractivity contribution is 7.99. The summed E-state index contributed by atoms with van der Waals surface area (Å²) in [7, 11) is 0. The molecule has 0 radical (unpaired) electrons. The van der Waals surface area contributed by atoms with Crippen molar-refractivity contribution in [1.29, 1.82) is 0 Å². The first-order valence-corrected chi connectivity index (χ1v) is 8.42. The zero-order valence-corrected chi connectivity index (χ0v) is 13.1. The number of carbonyl (C=O) groups is 1. The van der Waals surface area contributed by atoms with E-state index >= 15 is 0 Å². The summed E-state index contributed by atoms with van der Waals surface area (Å²) in [4.78, 5) is 12.9. The van der Waals surface area contributed by atoms with Crippen molar-refractivity contribution in [3.05, 3.63) is 58.1 Å². The molecule has 0 bridgehead atoms. The predicted molar refractivity (Wildman–Crippen MR) is 85.9 cm³/mol.